The molecule has 0 unspecified atom stereocenters. The number of benzene rings is 2. The van der Waals surface area contributed by atoms with Crippen LogP contribution in [0.5, 0.6) is 0 Å². The van der Waals surface area contributed by atoms with E-state index in [1.807, 2.05) is 13.8 Å². The first kappa shape index (κ1) is 46.7. The summed E-state index contributed by atoms with van der Waals surface area (Å²) in [4.78, 5) is 60.4. The molecule has 324 valence electrons. The Kier molecular flexibility index (Phi) is 15.1. The highest BCUT2D eigenvalue weighted by Crippen LogP contribution is 2.18. The highest BCUT2D eigenvalue weighted by molar-refractivity contribution is 7.90. The average molecular weight is 869 g/mol. The van der Waals surface area contributed by atoms with Crippen molar-refractivity contribution < 1.29 is 45.5 Å². The van der Waals surface area contributed by atoms with Crippen LogP contribution in [0, 0.1) is 13.8 Å². The van der Waals surface area contributed by atoms with Gasteiger partial charge >= 0.3 is 12.2 Å². The average Bonchev–Trinajstić information content (AvgIpc) is 3.82. The number of amides is 4. The molecule has 20 heteroatoms. The minimum Gasteiger partial charge on any atom is -0.444 e. The van der Waals surface area contributed by atoms with Crippen molar-refractivity contribution in [3.05, 3.63) is 108 Å². The molecule has 4 N–H and O–H groups in total. The molecule has 0 radical (unpaired) electrons. The summed E-state index contributed by atoms with van der Waals surface area (Å²) < 4.78 is 65.2. The number of carbonyl (C=O) groups excluding carboxylic acids is 4. The van der Waals surface area contributed by atoms with E-state index in [-0.39, 0.29) is 47.0 Å². The lowest BCUT2D eigenvalue weighted by Gasteiger charge is -2.23. The maximum atomic E-state index is 13.3. The summed E-state index contributed by atoms with van der Waals surface area (Å²) in [5, 5.41) is 10.3. The third-order valence-electron chi connectivity index (χ3n) is 8.22. The summed E-state index contributed by atoms with van der Waals surface area (Å²) in [5.41, 5.74) is 0.438. The standard InChI is InChI=1S/C40H52N8O10S2/c1-27-11-15-31(16-12-27)59(53,54)47-23-29(43-25-47)21-33(45-37(51)57-39(3,4)5)35(49)41-19-9-10-20-42-36(50)34(46-38(52)58-40(6,7)8)22-30-24-48(26-44-30)60(55,56)32-17-13-28(2)14-18-32/h9,11-19,23-26,33-34H,10,20-22H2,1-8H3,(H,41,49)(H,42,50)(H,45,51)(H,46,52)/b19-9+/t33-,34-/m0/s1. The van der Waals surface area contributed by atoms with Crippen molar-refractivity contribution in [2.75, 3.05) is 6.54 Å². The summed E-state index contributed by atoms with van der Waals surface area (Å²) >= 11 is 0. The highest BCUT2D eigenvalue weighted by atomic mass is 32.2. The Hall–Kier alpha value is -6.02. The molecular formula is C40H52N8O10S2. The molecule has 2 aromatic carbocycles. The van der Waals surface area contributed by atoms with Gasteiger partial charge in [0, 0.05) is 31.8 Å². The van der Waals surface area contributed by atoms with Crippen molar-refractivity contribution in [1.29, 1.82) is 0 Å². The van der Waals surface area contributed by atoms with Crippen LogP contribution in [0.1, 0.15) is 70.5 Å². The van der Waals surface area contributed by atoms with Crippen molar-refractivity contribution in [1.82, 2.24) is 39.2 Å². The molecule has 0 saturated heterocycles. The fourth-order valence-electron chi connectivity index (χ4n) is 5.29. The van der Waals surface area contributed by atoms with Crippen LogP contribution in [0.2, 0.25) is 0 Å². The third-order valence-corrected chi connectivity index (χ3v) is 11.5. The molecule has 0 aliphatic rings. The van der Waals surface area contributed by atoms with Gasteiger partial charge in [0.25, 0.3) is 20.0 Å². The van der Waals surface area contributed by atoms with Crippen LogP contribution < -0.4 is 21.3 Å². The predicted octanol–water partition coefficient (Wildman–Crippen LogP) is 3.88. The monoisotopic (exact) mass is 868 g/mol. The van der Waals surface area contributed by atoms with Crippen molar-refractivity contribution in [3.63, 3.8) is 0 Å². The second-order valence-electron chi connectivity index (χ2n) is 15.8. The van der Waals surface area contributed by atoms with E-state index >= 15 is 0 Å². The van der Waals surface area contributed by atoms with Crippen molar-refractivity contribution >= 4 is 44.0 Å². The second kappa shape index (κ2) is 19.4. The fraction of sp³-hybridized carbons (Fsp3) is 0.400. The number of aryl methyl sites for hydroxylation is 2. The topological polar surface area (TPSA) is 239 Å². The van der Waals surface area contributed by atoms with Gasteiger partial charge in [-0.15, -0.1) is 0 Å². The smallest absolute Gasteiger partial charge is 0.408 e. The lowest BCUT2D eigenvalue weighted by molar-refractivity contribution is -0.123. The van der Waals surface area contributed by atoms with E-state index in [2.05, 4.69) is 31.2 Å². The molecular weight excluding hydrogens is 817 g/mol. The van der Waals surface area contributed by atoms with E-state index in [4.69, 9.17) is 9.47 Å². The lowest BCUT2D eigenvalue weighted by Crippen LogP contribution is -2.49. The molecule has 0 bridgehead atoms. The van der Waals surface area contributed by atoms with Gasteiger partial charge in [-0.3, -0.25) is 9.59 Å². The molecule has 60 heavy (non-hydrogen) atoms. The van der Waals surface area contributed by atoms with Crippen molar-refractivity contribution in [3.8, 4) is 0 Å². The fourth-order valence-corrected chi connectivity index (χ4v) is 7.60. The van der Waals surface area contributed by atoms with Gasteiger partial charge in [-0.1, -0.05) is 41.5 Å². The number of rotatable bonds is 16. The highest BCUT2D eigenvalue weighted by Gasteiger charge is 2.28. The number of nitrogens with one attached hydrogen (secondary N) is 4. The van der Waals surface area contributed by atoms with Crippen LogP contribution in [0.3, 0.4) is 0 Å². The van der Waals surface area contributed by atoms with Crippen LogP contribution in [-0.2, 0) is 52.0 Å². The Morgan fingerprint density at radius 1 is 0.667 bits per heavy atom. The molecule has 4 aromatic rings. The molecule has 2 atom stereocenters. The van der Waals surface area contributed by atoms with Crippen molar-refractivity contribution in [2.24, 2.45) is 0 Å². The van der Waals surface area contributed by atoms with Gasteiger partial charge in [-0.05, 0) is 92.3 Å². The Balaban J connectivity index is 1.39. The van der Waals surface area contributed by atoms with Crippen LogP contribution in [0.15, 0.2) is 95.6 Å². The molecule has 4 rings (SSSR count). The molecule has 2 aromatic heterocycles. The molecule has 0 saturated carbocycles. The first-order valence-electron chi connectivity index (χ1n) is 18.9. The van der Waals surface area contributed by atoms with Gasteiger partial charge in [-0.25, -0.2) is 44.3 Å². The number of hydrogen-bond donors (Lipinski definition) is 4. The number of aromatic nitrogens is 4. The molecule has 0 spiro atoms. The number of imidazole rings is 2. The normalized spacial score (nSPS) is 13.3. The van der Waals surface area contributed by atoms with E-state index in [1.165, 1.54) is 42.9 Å². The maximum absolute atomic E-state index is 13.3. The Morgan fingerprint density at radius 2 is 1.07 bits per heavy atom. The molecule has 0 aliphatic carbocycles. The number of nitrogens with zero attached hydrogens (tertiary/aromatic N) is 4. The SMILES string of the molecule is Cc1ccc(S(=O)(=O)n2cnc(C[C@H](NC(=O)OC(C)(C)C)C(=O)N/C=C/CCNC(=O)[C@H](Cc3cn(S(=O)(=O)c4ccc(C)cc4)cn3)NC(=O)OC(C)(C)C)c2)cc1. The van der Waals surface area contributed by atoms with E-state index in [0.29, 0.717) is 0 Å². The second-order valence-corrected chi connectivity index (χ2v) is 19.5. The summed E-state index contributed by atoms with van der Waals surface area (Å²) in [6.07, 6.45) is 5.71. The van der Waals surface area contributed by atoms with Crippen LogP contribution >= 0.6 is 0 Å². The summed E-state index contributed by atoms with van der Waals surface area (Å²) in [6, 6.07) is 10.1. The first-order chi connectivity index (χ1) is 27.9. The van der Waals surface area contributed by atoms with Crippen LogP contribution in [0.4, 0.5) is 9.59 Å². The lowest BCUT2D eigenvalue weighted by atomic mass is 10.1. The summed E-state index contributed by atoms with van der Waals surface area (Å²) in [5.74, 6) is -1.28. The van der Waals surface area contributed by atoms with Crippen LogP contribution in [0.25, 0.3) is 0 Å². The quantitative estimate of drug-likeness (QED) is 0.117. The number of hydrogen-bond acceptors (Lipinski definition) is 12. The van der Waals surface area contributed by atoms with E-state index < -0.39 is 67.3 Å². The maximum Gasteiger partial charge on any atom is 0.408 e. The first-order valence-corrected chi connectivity index (χ1v) is 21.7. The van der Waals surface area contributed by atoms with Gasteiger partial charge in [0.1, 0.15) is 35.9 Å². The molecule has 0 fully saturated rings. The number of alkyl carbamates (subject to hydrolysis) is 2. The Morgan fingerprint density at radius 3 is 1.47 bits per heavy atom. The molecule has 18 nitrogen and oxygen atoms in total. The van der Waals surface area contributed by atoms with E-state index in [9.17, 15) is 36.0 Å². The molecule has 2 heterocycles. The van der Waals surface area contributed by atoms with Crippen LogP contribution in [-0.4, -0.2) is 88.6 Å². The Labute approximate surface area is 350 Å². The minimum absolute atomic E-state index is 0.0493. The zero-order valence-corrected chi connectivity index (χ0v) is 36.4. The molecule has 4 amide bonds. The van der Waals surface area contributed by atoms with Gasteiger partial charge < -0.3 is 30.7 Å². The zero-order valence-electron chi connectivity index (χ0n) is 34.8. The number of ether oxygens (including phenoxy) is 2. The van der Waals surface area contributed by atoms with E-state index in [0.717, 1.165) is 31.7 Å². The third kappa shape index (κ3) is 13.8. The van der Waals surface area contributed by atoms with Crippen molar-refractivity contribution in [2.45, 2.75) is 108 Å². The zero-order chi connectivity index (χ0) is 44.5. The predicted molar refractivity (Wildman–Crippen MR) is 221 cm³/mol. The van der Waals surface area contributed by atoms with Gasteiger partial charge in [-0.2, -0.15) is 0 Å². The van der Waals surface area contributed by atoms with E-state index in [1.54, 1.807) is 71.9 Å². The largest absolute Gasteiger partial charge is 0.444 e. The minimum atomic E-state index is -3.97. The van der Waals surface area contributed by atoms with Gasteiger partial charge in [0.15, 0.2) is 0 Å². The summed E-state index contributed by atoms with van der Waals surface area (Å²) in [6.45, 7) is 13.7. The Bertz CT molecular complexity index is 2390. The van der Waals surface area contributed by atoms with Gasteiger partial charge in [0.05, 0.1) is 21.2 Å². The summed E-state index contributed by atoms with van der Waals surface area (Å²) in [7, 11) is -7.94. The van der Waals surface area contributed by atoms with Gasteiger partial charge in [0.2, 0.25) is 11.8 Å². The number of carbonyl (C=O) groups is 4. The molecule has 0 aliphatic heterocycles.